The SMILES string of the molecule is Cc1ccc(C(=O)OC(C)C(=O)Nc2ccnn2C(C)C)cc1S(=O)(=O)Nc1ccc(F)cc1. The summed E-state index contributed by atoms with van der Waals surface area (Å²) in [6.45, 7) is 6.79. The second kappa shape index (κ2) is 10.0. The van der Waals surface area contributed by atoms with E-state index < -0.39 is 33.8 Å². The Morgan fingerprint density at radius 1 is 1.06 bits per heavy atom. The van der Waals surface area contributed by atoms with Crippen molar-refractivity contribution in [3.63, 3.8) is 0 Å². The smallest absolute Gasteiger partial charge is 0.338 e. The van der Waals surface area contributed by atoms with Gasteiger partial charge in [0.15, 0.2) is 6.10 Å². The number of esters is 1. The van der Waals surface area contributed by atoms with Crippen LogP contribution >= 0.6 is 0 Å². The summed E-state index contributed by atoms with van der Waals surface area (Å²) in [7, 11) is -4.07. The Morgan fingerprint density at radius 3 is 2.38 bits per heavy atom. The highest BCUT2D eigenvalue weighted by molar-refractivity contribution is 7.92. The lowest BCUT2D eigenvalue weighted by molar-refractivity contribution is -0.123. The average Bonchev–Trinajstić information content (AvgIpc) is 3.23. The zero-order chi connectivity index (χ0) is 25.0. The number of benzene rings is 2. The highest BCUT2D eigenvalue weighted by atomic mass is 32.2. The van der Waals surface area contributed by atoms with Gasteiger partial charge in [0.25, 0.3) is 15.9 Å². The van der Waals surface area contributed by atoms with Gasteiger partial charge in [-0.05, 0) is 69.7 Å². The molecule has 1 atom stereocenters. The first-order valence-electron chi connectivity index (χ1n) is 10.4. The Kier molecular flexibility index (Phi) is 7.35. The maximum atomic E-state index is 13.1. The Morgan fingerprint density at radius 2 is 1.74 bits per heavy atom. The molecule has 0 aliphatic rings. The molecule has 34 heavy (non-hydrogen) atoms. The second-order valence-electron chi connectivity index (χ2n) is 7.88. The molecule has 1 heterocycles. The molecule has 3 rings (SSSR count). The molecule has 1 aromatic heterocycles. The Balaban J connectivity index is 1.74. The average molecular weight is 489 g/mol. The molecule has 0 aliphatic heterocycles. The molecule has 3 aromatic rings. The number of anilines is 2. The summed E-state index contributed by atoms with van der Waals surface area (Å²) in [5, 5.41) is 6.78. The first-order valence-corrected chi connectivity index (χ1v) is 11.9. The van der Waals surface area contributed by atoms with Crippen LogP contribution in [0.15, 0.2) is 59.6 Å². The van der Waals surface area contributed by atoms with Gasteiger partial charge in [-0.15, -0.1) is 0 Å². The quantitative estimate of drug-likeness (QED) is 0.464. The van der Waals surface area contributed by atoms with Crippen molar-refractivity contribution < 1.29 is 27.1 Å². The van der Waals surface area contributed by atoms with E-state index in [0.717, 1.165) is 12.1 Å². The van der Waals surface area contributed by atoms with E-state index in [0.29, 0.717) is 11.4 Å². The van der Waals surface area contributed by atoms with Gasteiger partial charge >= 0.3 is 5.97 Å². The summed E-state index contributed by atoms with van der Waals surface area (Å²) in [6, 6.07) is 10.5. The Hall–Kier alpha value is -3.73. The predicted octanol–water partition coefficient (Wildman–Crippen LogP) is 3.90. The minimum Gasteiger partial charge on any atom is -0.449 e. The van der Waals surface area contributed by atoms with E-state index in [2.05, 4.69) is 15.1 Å². The molecule has 0 bridgehead atoms. The number of aryl methyl sites for hydroxylation is 1. The van der Waals surface area contributed by atoms with Gasteiger partial charge in [0.05, 0.1) is 16.7 Å². The van der Waals surface area contributed by atoms with Crippen LogP contribution in [0.1, 0.15) is 42.7 Å². The second-order valence-corrected chi connectivity index (χ2v) is 9.54. The lowest BCUT2D eigenvalue weighted by Gasteiger charge is -2.16. The number of amides is 1. The molecule has 1 unspecified atom stereocenters. The van der Waals surface area contributed by atoms with Crippen molar-refractivity contribution in [1.29, 1.82) is 0 Å². The van der Waals surface area contributed by atoms with Crippen LogP contribution in [0.4, 0.5) is 15.9 Å². The summed E-state index contributed by atoms with van der Waals surface area (Å²) < 4.78 is 48.0. The molecule has 2 N–H and O–H groups in total. The zero-order valence-corrected chi connectivity index (χ0v) is 19.9. The number of hydrogen-bond acceptors (Lipinski definition) is 6. The Labute approximate surface area is 197 Å². The van der Waals surface area contributed by atoms with Crippen molar-refractivity contribution in [2.75, 3.05) is 10.0 Å². The third-order valence-electron chi connectivity index (χ3n) is 4.87. The molecule has 0 radical (unpaired) electrons. The van der Waals surface area contributed by atoms with Crippen molar-refractivity contribution in [2.24, 2.45) is 0 Å². The number of carbonyl (C=O) groups excluding carboxylic acids is 2. The van der Waals surface area contributed by atoms with Crippen LogP contribution in [0.25, 0.3) is 0 Å². The van der Waals surface area contributed by atoms with Gasteiger partial charge in [0.1, 0.15) is 11.6 Å². The molecule has 9 nitrogen and oxygen atoms in total. The van der Waals surface area contributed by atoms with Gasteiger partial charge in [0.2, 0.25) is 0 Å². The van der Waals surface area contributed by atoms with E-state index >= 15 is 0 Å². The monoisotopic (exact) mass is 488 g/mol. The van der Waals surface area contributed by atoms with Gasteiger partial charge in [-0.1, -0.05) is 6.07 Å². The van der Waals surface area contributed by atoms with Crippen molar-refractivity contribution in [3.8, 4) is 0 Å². The molecular formula is C23H25FN4O5S. The number of nitrogens with zero attached hydrogens (tertiary/aromatic N) is 2. The number of sulfonamides is 1. The molecule has 180 valence electrons. The van der Waals surface area contributed by atoms with Gasteiger partial charge in [-0.2, -0.15) is 5.10 Å². The standard InChI is InChI=1S/C23H25FN4O5S/c1-14(2)28-21(11-12-25-28)26-22(29)16(4)33-23(30)17-6-5-15(3)20(13-17)34(31,32)27-19-9-7-18(24)8-10-19/h5-14,16,27H,1-4H3,(H,26,29). The minimum atomic E-state index is -4.07. The minimum absolute atomic E-state index is 0.0135. The first-order chi connectivity index (χ1) is 16.0. The van der Waals surface area contributed by atoms with Crippen LogP contribution < -0.4 is 10.0 Å². The van der Waals surface area contributed by atoms with Gasteiger partial charge in [0, 0.05) is 17.8 Å². The van der Waals surface area contributed by atoms with E-state index in [-0.39, 0.29) is 22.2 Å². The number of hydrogen-bond donors (Lipinski definition) is 2. The third kappa shape index (κ3) is 5.79. The lowest BCUT2D eigenvalue weighted by Crippen LogP contribution is -2.31. The molecule has 0 saturated carbocycles. The van der Waals surface area contributed by atoms with Crippen molar-refractivity contribution in [1.82, 2.24) is 9.78 Å². The maximum absolute atomic E-state index is 13.1. The topological polar surface area (TPSA) is 119 Å². The summed E-state index contributed by atoms with van der Waals surface area (Å²) >= 11 is 0. The van der Waals surface area contributed by atoms with Crippen LogP contribution in [0, 0.1) is 12.7 Å². The molecule has 1 amide bonds. The Bertz CT molecular complexity index is 1300. The van der Waals surface area contributed by atoms with Crippen LogP contribution in [0.3, 0.4) is 0 Å². The summed E-state index contributed by atoms with van der Waals surface area (Å²) in [5.41, 5.74) is 0.510. The van der Waals surface area contributed by atoms with Crippen LogP contribution in [-0.2, 0) is 19.6 Å². The number of aromatic nitrogens is 2. The molecule has 0 saturated heterocycles. The predicted molar refractivity (Wildman–Crippen MR) is 125 cm³/mol. The molecule has 11 heteroatoms. The van der Waals surface area contributed by atoms with Gasteiger partial charge in [-0.3, -0.25) is 9.52 Å². The zero-order valence-electron chi connectivity index (χ0n) is 19.1. The van der Waals surface area contributed by atoms with E-state index in [1.165, 1.54) is 37.3 Å². The lowest BCUT2D eigenvalue weighted by atomic mass is 10.1. The van der Waals surface area contributed by atoms with Crippen LogP contribution in [-0.4, -0.2) is 36.2 Å². The molecule has 2 aromatic carbocycles. The first kappa shape index (κ1) is 24.9. The summed E-state index contributed by atoms with van der Waals surface area (Å²) in [4.78, 5) is 25.0. The van der Waals surface area contributed by atoms with E-state index in [1.54, 1.807) is 23.9 Å². The van der Waals surface area contributed by atoms with Crippen molar-refractivity contribution >= 4 is 33.4 Å². The fraction of sp³-hybridized carbons (Fsp3) is 0.261. The van der Waals surface area contributed by atoms with Crippen molar-refractivity contribution in [2.45, 2.75) is 44.7 Å². The maximum Gasteiger partial charge on any atom is 0.338 e. The number of rotatable bonds is 8. The highest BCUT2D eigenvalue weighted by Gasteiger charge is 2.23. The molecular weight excluding hydrogens is 463 g/mol. The van der Waals surface area contributed by atoms with Gasteiger partial charge in [-0.25, -0.2) is 22.3 Å². The van der Waals surface area contributed by atoms with E-state index in [4.69, 9.17) is 4.74 Å². The number of nitrogens with one attached hydrogen (secondary N) is 2. The number of ether oxygens (including phenoxy) is 1. The van der Waals surface area contributed by atoms with E-state index in [9.17, 15) is 22.4 Å². The summed E-state index contributed by atoms with van der Waals surface area (Å²) in [5.74, 6) is -1.47. The van der Waals surface area contributed by atoms with Crippen LogP contribution in [0.5, 0.6) is 0 Å². The van der Waals surface area contributed by atoms with Crippen molar-refractivity contribution in [3.05, 3.63) is 71.7 Å². The van der Waals surface area contributed by atoms with Gasteiger partial charge < -0.3 is 10.1 Å². The normalized spacial score (nSPS) is 12.3. The number of carbonyl (C=O) groups is 2. The fourth-order valence-electron chi connectivity index (χ4n) is 3.08. The molecule has 0 aliphatic carbocycles. The number of halogens is 1. The fourth-order valence-corrected chi connectivity index (χ4v) is 4.41. The van der Waals surface area contributed by atoms with Crippen LogP contribution in [0.2, 0.25) is 0 Å². The molecule has 0 fully saturated rings. The largest absolute Gasteiger partial charge is 0.449 e. The van der Waals surface area contributed by atoms with E-state index in [1.807, 2.05) is 13.8 Å². The summed E-state index contributed by atoms with van der Waals surface area (Å²) in [6.07, 6.45) is 0.391. The highest BCUT2D eigenvalue weighted by Crippen LogP contribution is 2.22. The third-order valence-corrected chi connectivity index (χ3v) is 6.40. The molecule has 0 spiro atoms.